The lowest BCUT2D eigenvalue weighted by molar-refractivity contribution is -0.173. The van der Waals surface area contributed by atoms with Gasteiger partial charge in [0.05, 0.1) is 6.61 Å². The van der Waals surface area contributed by atoms with E-state index in [0.29, 0.717) is 12.6 Å². The summed E-state index contributed by atoms with van der Waals surface area (Å²) in [6, 6.07) is 0.381. The molecule has 0 saturated heterocycles. The van der Waals surface area contributed by atoms with Gasteiger partial charge in [-0.1, -0.05) is 12.8 Å². The average Bonchev–Trinajstić information content (AvgIpc) is 2.85. The molecule has 1 N–H and O–H groups in total. The van der Waals surface area contributed by atoms with Crippen molar-refractivity contribution in [3.8, 4) is 0 Å². The predicted molar refractivity (Wildman–Crippen MR) is 51.7 cm³/mol. The second-order valence-electron chi connectivity index (χ2n) is 4.20. The highest BCUT2D eigenvalue weighted by Crippen LogP contribution is 2.33. The van der Waals surface area contributed by atoms with E-state index in [1.807, 2.05) is 0 Å². The van der Waals surface area contributed by atoms with E-state index in [4.69, 9.17) is 0 Å². The Morgan fingerprint density at radius 2 is 2.07 bits per heavy atom. The summed E-state index contributed by atoms with van der Waals surface area (Å²) in [4.78, 5) is 0. The Morgan fingerprint density at radius 1 is 1.40 bits per heavy atom. The molecule has 0 heterocycles. The Kier molecular flexibility index (Phi) is 4.86. The van der Waals surface area contributed by atoms with Crippen LogP contribution in [-0.4, -0.2) is 32.0 Å². The first-order valence-electron chi connectivity index (χ1n) is 5.35. The highest BCUT2D eigenvalue weighted by Gasteiger charge is 2.27. The number of hydrogen-bond donors (Lipinski definition) is 1. The van der Waals surface area contributed by atoms with Crippen molar-refractivity contribution in [3.05, 3.63) is 0 Å². The van der Waals surface area contributed by atoms with Crippen LogP contribution >= 0.6 is 0 Å². The first kappa shape index (κ1) is 12.8. The molecule has 5 heteroatoms. The molecule has 0 radical (unpaired) electrons. The molecule has 1 atom stereocenters. The van der Waals surface area contributed by atoms with Crippen LogP contribution in [0.5, 0.6) is 0 Å². The second kappa shape index (κ2) is 5.70. The number of halogens is 3. The molecule has 2 nitrogen and oxygen atoms in total. The Hall–Kier alpha value is -0.290. The van der Waals surface area contributed by atoms with Crippen LogP contribution in [0.25, 0.3) is 0 Å². The van der Waals surface area contributed by atoms with Gasteiger partial charge < -0.3 is 10.1 Å². The maximum Gasteiger partial charge on any atom is 0.411 e. The van der Waals surface area contributed by atoms with E-state index >= 15 is 0 Å². The molecule has 0 aromatic rings. The second-order valence-corrected chi connectivity index (χ2v) is 4.20. The summed E-state index contributed by atoms with van der Waals surface area (Å²) in [6.07, 6.45) is -0.480. The minimum absolute atomic E-state index is 0.120. The van der Waals surface area contributed by atoms with Gasteiger partial charge in [-0.3, -0.25) is 0 Å². The van der Waals surface area contributed by atoms with Gasteiger partial charge in [0.25, 0.3) is 0 Å². The monoisotopic (exact) mass is 225 g/mol. The zero-order valence-electron chi connectivity index (χ0n) is 8.94. The van der Waals surface area contributed by atoms with Crippen LogP contribution < -0.4 is 5.32 Å². The minimum atomic E-state index is -4.21. The minimum Gasteiger partial charge on any atom is -0.371 e. The number of ether oxygens (including phenoxy) is 1. The summed E-state index contributed by atoms with van der Waals surface area (Å²) in [5, 5.41) is 3.15. The summed E-state index contributed by atoms with van der Waals surface area (Å²) in [5.41, 5.74) is 0. The predicted octanol–water partition coefficient (Wildman–Crippen LogP) is 2.34. The molecule has 1 aliphatic carbocycles. The Bertz CT molecular complexity index is 180. The van der Waals surface area contributed by atoms with Gasteiger partial charge in [-0.15, -0.1) is 0 Å². The van der Waals surface area contributed by atoms with E-state index in [1.54, 1.807) is 0 Å². The summed E-state index contributed by atoms with van der Waals surface area (Å²) in [7, 11) is 0. The molecule has 1 saturated carbocycles. The molecule has 0 aliphatic heterocycles. The summed E-state index contributed by atoms with van der Waals surface area (Å²) >= 11 is 0. The molecule has 0 aromatic heterocycles. The third kappa shape index (κ3) is 7.62. The van der Waals surface area contributed by atoms with Gasteiger partial charge in [0.15, 0.2) is 0 Å². The van der Waals surface area contributed by atoms with E-state index in [0.717, 1.165) is 12.3 Å². The van der Waals surface area contributed by atoms with Crippen LogP contribution in [0.4, 0.5) is 13.2 Å². The van der Waals surface area contributed by atoms with E-state index < -0.39 is 12.8 Å². The molecule has 0 bridgehead atoms. The smallest absolute Gasteiger partial charge is 0.371 e. The molecular weight excluding hydrogens is 207 g/mol. The molecular formula is C10H18F3NO. The molecule has 0 spiro atoms. The van der Waals surface area contributed by atoms with Crippen LogP contribution in [0, 0.1) is 5.92 Å². The number of alkyl halides is 3. The van der Waals surface area contributed by atoms with Gasteiger partial charge in [-0.2, -0.15) is 13.2 Å². The molecule has 1 fully saturated rings. The van der Waals surface area contributed by atoms with Crippen molar-refractivity contribution in [2.45, 2.75) is 38.4 Å². The van der Waals surface area contributed by atoms with E-state index in [2.05, 4.69) is 17.0 Å². The fourth-order valence-corrected chi connectivity index (χ4v) is 1.50. The SMILES string of the molecule is CC(CC1CC1)NCCOCC(F)(F)F. The van der Waals surface area contributed by atoms with Gasteiger partial charge in [0, 0.05) is 12.6 Å². The maximum atomic E-state index is 11.7. The molecule has 0 amide bonds. The first-order chi connectivity index (χ1) is 6.97. The Labute approximate surface area is 88.2 Å². The Morgan fingerprint density at radius 3 is 2.60 bits per heavy atom. The van der Waals surface area contributed by atoms with Crippen LogP contribution in [0.2, 0.25) is 0 Å². The zero-order chi connectivity index (χ0) is 11.3. The third-order valence-corrected chi connectivity index (χ3v) is 2.39. The van der Waals surface area contributed by atoms with Gasteiger partial charge in [-0.05, 0) is 19.3 Å². The van der Waals surface area contributed by atoms with Crippen molar-refractivity contribution in [2.75, 3.05) is 19.8 Å². The molecule has 0 aromatic carbocycles. The molecule has 15 heavy (non-hydrogen) atoms. The van der Waals surface area contributed by atoms with Gasteiger partial charge >= 0.3 is 6.18 Å². The van der Waals surface area contributed by atoms with Crippen LogP contribution in [0.1, 0.15) is 26.2 Å². The van der Waals surface area contributed by atoms with E-state index in [-0.39, 0.29) is 6.61 Å². The fourth-order valence-electron chi connectivity index (χ4n) is 1.50. The highest BCUT2D eigenvalue weighted by molar-refractivity contribution is 4.77. The molecule has 1 rings (SSSR count). The number of rotatable bonds is 7. The van der Waals surface area contributed by atoms with Crippen molar-refractivity contribution in [1.29, 1.82) is 0 Å². The highest BCUT2D eigenvalue weighted by atomic mass is 19.4. The Balaban J connectivity index is 1.87. The standard InChI is InChI=1S/C10H18F3NO/c1-8(6-9-2-3-9)14-4-5-15-7-10(11,12)13/h8-9,14H,2-7H2,1H3. The van der Waals surface area contributed by atoms with Crippen LogP contribution in [0.3, 0.4) is 0 Å². The maximum absolute atomic E-state index is 11.7. The zero-order valence-corrected chi connectivity index (χ0v) is 8.94. The molecule has 90 valence electrons. The molecule has 1 aliphatic rings. The normalized spacial score (nSPS) is 19.2. The van der Waals surface area contributed by atoms with Gasteiger partial charge in [0.2, 0.25) is 0 Å². The fraction of sp³-hybridized carbons (Fsp3) is 1.00. The van der Waals surface area contributed by atoms with Gasteiger partial charge in [-0.25, -0.2) is 0 Å². The third-order valence-electron chi connectivity index (χ3n) is 2.39. The lowest BCUT2D eigenvalue weighted by Crippen LogP contribution is -2.31. The quantitative estimate of drug-likeness (QED) is 0.671. The number of nitrogens with one attached hydrogen (secondary N) is 1. The lowest BCUT2D eigenvalue weighted by atomic mass is 10.2. The van der Waals surface area contributed by atoms with Crippen molar-refractivity contribution in [1.82, 2.24) is 5.32 Å². The summed E-state index contributed by atoms with van der Waals surface area (Å²) < 4.78 is 39.5. The van der Waals surface area contributed by atoms with Crippen molar-refractivity contribution in [2.24, 2.45) is 5.92 Å². The van der Waals surface area contributed by atoms with E-state index in [9.17, 15) is 13.2 Å². The molecule has 1 unspecified atom stereocenters. The first-order valence-corrected chi connectivity index (χ1v) is 5.35. The number of hydrogen-bond acceptors (Lipinski definition) is 2. The van der Waals surface area contributed by atoms with Crippen LogP contribution in [-0.2, 0) is 4.74 Å². The van der Waals surface area contributed by atoms with Crippen molar-refractivity contribution in [3.63, 3.8) is 0 Å². The summed E-state index contributed by atoms with van der Waals surface area (Å²) in [6.45, 7) is 1.52. The van der Waals surface area contributed by atoms with Crippen molar-refractivity contribution < 1.29 is 17.9 Å². The van der Waals surface area contributed by atoms with E-state index in [1.165, 1.54) is 12.8 Å². The van der Waals surface area contributed by atoms with Crippen LogP contribution in [0.15, 0.2) is 0 Å². The van der Waals surface area contributed by atoms with Gasteiger partial charge in [0.1, 0.15) is 6.61 Å². The average molecular weight is 225 g/mol. The van der Waals surface area contributed by atoms with Crippen molar-refractivity contribution >= 4 is 0 Å². The largest absolute Gasteiger partial charge is 0.411 e. The lowest BCUT2D eigenvalue weighted by Gasteiger charge is -2.13. The topological polar surface area (TPSA) is 21.3 Å². The summed E-state index contributed by atoms with van der Waals surface area (Å²) in [5.74, 6) is 0.837.